The van der Waals surface area contributed by atoms with Gasteiger partial charge in [-0.05, 0) is 56.4 Å². The number of hydrogen-bond donors (Lipinski definition) is 1. The van der Waals surface area contributed by atoms with Crippen molar-refractivity contribution in [2.24, 2.45) is 11.8 Å². The zero-order valence-corrected chi connectivity index (χ0v) is 18.0. The first-order valence-electron chi connectivity index (χ1n) is 9.16. The van der Waals surface area contributed by atoms with Crippen molar-refractivity contribution in [1.29, 1.82) is 5.26 Å². The van der Waals surface area contributed by atoms with Crippen LogP contribution in [0.1, 0.15) is 46.1 Å². The Labute approximate surface area is 171 Å². The van der Waals surface area contributed by atoms with E-state index in [-0.39, 0.29) is 35.2 Å². The summed E-state index contributed by atoms with van der Waals surface area (Å²) in [4.78, 5) is 12.4. The van der Waals surface area contributed by atoms with Gasteiger partial charge in [-0.3, -0.25) is 4.79 Å². The largest absolute Gasteiger partial charge is 0.322 e. The van der Waals surface area contributed by atoms with Crippen LogP contribution in [-0.4, -0.2) is 11.6 Å². The van der Waals surface area contributed by atoms with Crippen molar-refractivity contribution >= 4 is 20.8 Å². The monoisotopic (exact) mass is 428 g/mol. The molecule has 0 bridgehead atoms. The van der Waals surface area contributed by atoms with Gasteiger partial charge in [0, 0.05) is 11.6 Å². The molecule has 0 aliphatic carbocycles. The highest BCUT2D eigenvalue weighted by atomic mass is 31.0. The summed E-state index contributed by atoms with van der Waals surface area (Å²) in [6.07, 6.45) is 1.75. The Bertz CT molecular complexity index is 853. The number of anilines is 1. The van der Waals surface area contributed by atoms with Gasteiger partial charge in [-0.15, -0.1) is 0 Å². The number of allylic oxidation sites excluding steroid dienone is 3. The fourth-order valence-corrected chi connectivity index (χ4v) is 3.38. The highest BCUT2D eigenvalue weighted by Crippen LogP contribution is 2.40. The van der Waals surface area contributed by atoms with Crippen molar-refractivity contribution in [3.63, 3.8) is 0 Å². The molecule has 8 heteroatoms. The summed E-state index contributed by atoms with van der Waals surface area (Å²) in [7, 11) is 1.53. The van der Waals surface area contributed by atoms with Gasteiger partial charge in [0.15, 0.2) is 0 Å². The lowest BCUT2D eigenvalue weighted by atomic mass is 9.87. The predicted molar refractivity (Wildman–Crippen MR) is 110 cm³/mol. The van der Waals surface area contributed by atoms with E-state index in [9.17, 15) is 22.4 Å². The van der Waals surface area contributed by atoms with E-state index in [1.807, 2.05) is 0 Å². The van der Waals surface area contributed by atoms with Crippen LogP contribution in [0.25, 0.3) is 0 Å². The number of benzene rings is 1. The SMILES string of the molecule is C/C=C(\C(F)=C(/C)C(=O)Nc1ccc(F)c(C#N)c1)C(C)C[C@H](CC)C(F)(F)P. The maximum atomic E-state index is 15.0. The van der Waals surface area contributed by atoms with Crippen molar-refractivity contribution in [3.8, 4) is 6.07 Å². The van der Waals surface area contributed by atoms with E-state index >= 15 is 0 Å². The van der Waals surface area contributed by atoms with Crippen LogP contribution in [0.4, 0.5) is 23.2 Å². The molecule has 1 aromatic carbocycles. The van der Waals surface area contributed by atoms with E-state index in [2.05, 4.69) is 5.32 Å². The van der Waals surface area contributed by atoms with E-state index in [4.69, 9.17) is 5.26 Å². The van der Waals surface area contributed by atoms with Crippen molar-refractivity contribution < 1.29 is 22.4 Å². The molecule has 1 N–H and O–H groups in total. The first-order chi connectivity index (χ1) is 13.5. The Kier molecular flexibility index (Phi) is 9.04. The molecule has 1 rings (SSSR count). The van der Waals surface area contributed by atoms with Crippen molar-refractivity contribution in [2.45, 2.75) is 46.2 Å². The molecule has 0 fully saturated rings. The third-order valence-electron chi connectivity index (χ3n) is 4.79. The molecule has 0 saturated heterocycles. The van der Waals surface area contributed by atoms with Crippen LogP contribution in [-0.2, 0) is 4.79 Å². The topological polar surface area (TPSA) is 52.9 Å². The number of hydrogen-bond acceptors (Lipinski definition) is 2. The van der Waals surface area contributed by atoms with Crippen LogP contribution < -0.4 is 5.32 Å². The molecule has 1 amide bonds. The van der Waals surface area contributed by atoms with Crippen LogP contribution >= 0.6 is 9.24 Å². The lowest BCUT2D eigenvalue weighted by molar-refractivity contribution is -0.112. The summed E-state index contributed by atoms with van der Waals surface area (Å²) in [6, 6.07) is 5.08. The van der Waals surface area contributed by atoms with E-state index in [1.165, 1.54) is 28.3 Å². The summed E-state index contributed by atoms with van der Waals surface area (Å²) in [5.74, 6) is -3.77. The minimum atomic E-state index is -2.96. The molecule has 29 heavy (non-hydrogen) atoms. The zero-order valence-electron chi connectivity index (χ0n) is 16.8. The highest BCUT2D eigenvalue weighted by molar-refractivity contribution is 7.18. The highest BCUT2D eigenvalue weighted by Gasteiger charge is 2.34. The fourth-order valence-electron chi connectivity index (χ4n) is 3.01. The molecular weight excluding hydrogens is 403 g/mol. The molecular formula is C21H25F4N2OP. The number of nitriles is 1. The maximum absolute atomic E-state index is 15.0. The van der Waals surface area contributed by atoms with Crippen LogP contribution in [0.5, 0.6) is 0 Å². The second kappa shape index (κ2) is 10.5. The van der Waals surface area contributed by atoms with Gasteiger partial charge in [-0.2, -0.15) is 5.26 Å². The molecule has 0 heterocycles. The van der Waals surface area contributed by atoms with Crippen molar-refractivity contribution in [3.05, 3.63) is 52.6 Å². The number of carbonyl (C=O) groups excluding carboxylic acids is 1. The fraction of sp³-hybridized carbons (Fsp3) is 0.429. The lowest BCUT2D eigenvalue weighted by Gasteiger charge is -2.26. The third-order valence-corrected chi connectivity index (χ3v) is 5.26. The van der Waals surface area contributed by atoms with Crippen LogP contribution in [0, 0.1) is 29.0 Å². The normalized spacial score (nSPS) is 15.2. The number of nitrogens with one attached hydrogen (secondary N) is 1. The van der Waals surface area contributed by atoms with Crippen LogP contribution in [0.2, 0.25) is 0 Å². The van der Waals surface area contributed by atoms with E-state index in [0.717, 1.165) is 12.1 Å². The number of rotatable bonds is 8. The van der Waals surface area contributed by atoms with Gasteiger partial charge in [-0.1, -0.05) is 29.2 Å². The molecule has 0 radical (unpaired) electrons. The third kappa shape index (κ3) is 6.68. The van der Waals surface area contributed by atoms with Crippen molar-refractivity contribution in [2.75, 3.05) is 5.32 Å². The summed E-state index contributed by atoms with van der Waals surface area (Å²) < 4.78 is 55.7. The van der Waals surface area contributed by atoms with Gasteiger partial charge in [0.2, 0.25) is 0 Å². The average molecular weight is 428 g/mol. The minimum Gasteiger partial charge on any atom is -0.322 e. The molecule has 0 aromatic heterocycles. The number of halogens is 4. The van der Waals surface area contributed by atoms with Crippen LogP contribution in [0.3, 0.4) is 0 Å². The van der Waals surface area contributed by atoms with Gasteiger partial charge < -0.3 is 5.32 Å². The van der Waals surface area contributed by atoms with Gasteiger partial charge in [0.25, 0.3) is 11.6 Å². The smallest absolute Gasteiger partial charge is 0.261 e. The Morgan fingerprint density at radius 2 is 2.03 bits per heavy atom. The minimum absolute atomic E-state index is 0.0541. The molecule has 158 valence electrons. The van der Waals surface area contributed by atoms with E-state index in [1.54, 1.807) is 26.8 Å². The van der Waals surface area contributed by atoms with E-state index in [0.29, 0.717) is 0 Å². The summed E-state index contributed by atoms with van der Waals surface area (Å²) in [6.45, 7) is 6.14. The summed E-state index contributed by atoms with van der Waals surface area (Å²) in [5.41, 5.74) is -3.14. The Hall–Kier alpha value is -2.19. The number of alkyl halides is 2. The molecule has 0 aliphatic rings. The molecule has 0 spiro atoms. The summed E-state index contributed by atoms with van der Waals surface area (Å²) >= 11 is 0. The number of carbonyl (C=O) groups is 1. The predicted octanol–water partition coefficient (Wildman–Crippen LogP) is 6.35. The molecule has 3 atom stereocenters. The lowest BCUT2D eigenvalue weighted by Crippen LogP contribution is -2.23. The number of amides is 1. The van der Waals surface area contributed by atoms with E-state index < -0.39 is 35.1 Å². The first-order valence-corrected chi connectivity index (χ1v) is 9.74. The Morgan fingerprint density at radius 3 is 2.52 bits per heavy atom. The van der Waals surface area contributed by atoms with Gasteiger partial charge >= 0.3 is 0 Å². The average Bonchev–Trinajstić information content (AvgIpc) is 2.66. The second-order valence-electron chi connectivity index (χ2n) is 6.86. The molecule has 0 saturated carbocycles. The molecule has 3 nitrogen and oxygen atoms in total. The van der Waals surface area contributed by atoms with Gasteiger partial charge in [-0.25, -0.2) is 17.6 Å². The summed E-state index contributed by atoms with van der Waals surface area (Å²) in [5, 5.41) is 11.3. The number of nitrogens with zero attached hydrogens (tertiary/aromatic N) is 1. The van der Waals surface area contributed by atoms with Gasteiger partial charge in [0.1, 0.15) is 17.7 Å². The second-order valence-corrected chi connectivity index (χ2v) is 7.63. The van der Waals surface area contributed by atoms with Crippen LogP contribution in [0.15, 0.2) is 41.2 Å². The maximum Gasteiger partial charge on any atom is 0.261 e. The molecule has 0 aliphatic heterocycles. The van der Waals surface area contributed by atoms with Crippen molar-refractivity contribution in [1.82, 2.24) is 0 Å². The Morgan fingerprint density at radius 1 is 1.41 bits per heavy atom. The first kappa shape index (κ1) is 24.8. The van der Waals surface area contributed by atoms with Gasteiger partial charge in [0.05, 0.1) is 11.1 Å². The molecule has 1 aromatic rings. The quantitative estimate of drug-likeness (QED) is 0.227. The zero-order chi connectivity index (χ0) is 22.4. The Balaban J connectivity index is 3.05. The molecule has 2 unspecified atom stereocenters. The standard InChI is InChI=1S/C21H25F4N2OP/c1-5-15(21(24,25)29)9-12(3)17(6-2)19(23)13(4)20(28)27-16-7-8-18(22)14(10-16)11-26/h6-8,10,12,15H,5,9,29H2,1-4H3,(H,27,28)/b17-6-,19-13-/t12?,15-/m0/s1.